The first-order chi connectivity index (χ1) is 6.20. The molecule has 0 radical (unpaired) electrons. The van der Waals surface area contributed by atoms with Gasteiger partial charge in [0.2, 0.25) is 0 Å². The first-order valence-corrected chi connectivity index (χ1v) is 4.66. The summed E-state index contributed by atoms with van der Waals surface area (Å²) in [5.41, 5.74) is 5.65. The van der Waals surface area contributed by atoms with E-state index in [2.05, 4.69) is 0 Å². The number of methoxy groups -OCH3 is 2. The fourth-order valence-corrected chi connectivity index (χ4v) is 1.08. The molecule has 0 aliphatic heterocycles. The van der Waals surface area contributed by atoms with Crippen LogP contribution in [0.4, 0.5) is 0 Å². The van der Waals surface area contributed by atoms with Gasteiger partial charge in [-0.3, -0.25) is 0 Å². The van der Waals surface area contributed by atoms with Crippen LogP contribution in [0.25, 0.3) is 0 Å². The van der Waals surface area contributed by atoms with E-state index in [1.54, 1.807) is 20.5 Å². The number of rotatable bonds is 7. The summed E-state index contributed by atoms with van der Waals surface area (Å²) in [5, 5.41) is 0. The van der Waals surface area contributed by atoms with Crippen molar-refractivity contribution < 1.29 is 9.47 Å². The van der Waals surface area contributed by atoms with Crippen molar-refractivity contribution in [2.24, 2.45) is 5.73 Å². The summed E-state index contributed by atoms with van der Waals surface area (Å²) in [4.78, 5) is 0. The molecule has 0 bridgehead atoms. The van der Waals surface area contributed by atoms with E-state index in [1.807, 2.05) is 13.0 Å². The molecule has 2 unspecified atom stereocenters. The van der Waals surface area contributed by atoms with Crippen LogP contribution in [0.15, 0.2) is 12.3 Å². The molecule has 78 valence electrons. The summed E-state index contributed by atoms with van der Waals surface area (Å²) in [6.45, 7) is 2.01. The molecular weight excluding hydrogens is 166 g/mol. The maximum absolute atomic E-state index is 5.65. The molecule has 0 aromatic carbocycles. The van der Waals surface area contributed by atoms with Gasteiger partial charge in [-0.05, 0) is 32.3 Å². The van der Waals surface area contributed by atoms with E-state index < -0.39 is 0 Å². The number of hydrogen-bond donors (Lipinski definition) is 1. The lowest BCUT2D eigenvalue weighted by molar-refractivity contribution is 0.0940. The average Bonchev–Trinajstić information content (AvgIpc) is 2.10. The van der Waals surface area contributed by atoms with E-state index in [-0.39, 0.29) is 12.1 Å². The molecule has 0 aliphatic rings. The second kappa shape index (κ2) is 8.08. The van der Waals surface area contributed by atoms with Crippen LogP contribution in [-0.2, 0) is 9.47 Å². The summed E-state index contributed by atoms with van der Waals surface area (Å²) in [5.74, 6) is 0. The molecule has 0 rings (SSSR count). The number of ether oxygens (including phenoxy) is 2. The van der Waals surface area contributed by atoms with E-state index in [4.69, 9.17) is 15.2 Å². The normalized spacial score (nSPS) is 16.0. The van der Waals surface area contributed by atoms with Gasteiger partial charge in [0, 0.05) is 13.2 Å². The Labute approximate surface area is 80.9 Å². The summed E-state index contributed by atoms with van der Waals surface area (Å²) in [6.07, 6.45) is 6.80. The standard InChI is InChI=1S/C10H21NO2/c1-9(11)6-7-10(13-3)5-4-8-12-2/h4,8-10H,5-7,11H2,1-3H3. The maximum Gasteiger partial charge on any atom is 0.0785 e. The van der Waals surface area contributed by atoms with Gasteiger partial charge in [-0.1, -0.05) is 0 Å². The molecule has 0 amide bonds. The highest BCUT2D eigenvalue weighted by Gasteiger charge is 2.06. The molecule has 2 atom stereocenters. The van der Waals surface area contributed by atoms with Gasteiger partial charge in [0.1, 0.15) is 0 Å². The molecule has 0 aromatic heterocycles. The van der Waals surface area contributed by atoms with Crippen molar-refractivity contribution in [2.75, 3.05) is 14.2 Å². The largest absolute Gasteiger partial charge is 0.505 e. The first-order valence-electron chi connectivity index (χ1n) is 4.66. The van der Waals surface area contributed by atoms with Gasteiger partial charge in [-0.2, -0.15) is 0 Å². The minimum Gasteiger partial charge on any atom is -0.505 e. The first kappa shape index (κ1) is 12.5. The van der Waals surface area contributed by atoms with E-state index in [9.17, 15) is 0 Å². The molecule has 13 heavy (non-hydrogen) atoms. The zero-order valence-corrected chi connectivity index (χ0v) is 8.82. The lowest BCUT2D eigenvalue weighted by Gasteiger charge is -2.14. The molecule has 0 spiro atoms. The summed E-state index contributed by atoms with van der Waals surface area (Å²) < 4.78 is 10.1. The summed E-state index contributed by atoms with van der Waals surface area (Å²) in [6, 6.07) is 0.254. The minimum atomic E-state index is 0.254. The Balaban J connectivity index is 3.56. The Morgan fingerprint density at radius 3 is 2.46 bits per heavy atom. The highest BCUT2D eigenvalue weighted by molar-refractivity contribution is 4.78. The van der Waals surface area contributed by atoms with Crippen molar-refractivity contribution in [3.63, 3.8) is 0 Å². The second-order valence-corrected chi connectivity index (χ2v) is 3.26. The molecule has 0 aromatic rings. The number of nitrogens with two attached hydrogens (primary N) is 1. The monoisotopic (exact) mass is 187 g/mol. The zero-order chi connectivity index (χ0) is 10.1. The van der Waals surface area contributed by atoms with Crippen LogP contribution in [0.1, 0.15) is 26.2 Å². The van der Waals surface area contributed by atoms with Crippen LogP contribution in [0, 0.1) is 0 Å². The molecule has 0 saturated heterocycles. The van der Waals surface area contributed by atoms with Crippen molar-refractivity contribution in [3.05, 3.63) is 12.3 Å². The van der Waals surface area contributed by atoms with Gasteiger partial charge >= 0.3 is 0 Å². The third kappa shape index (κ3) is 7.81. The topological polar surface area (TPSA) is 44.5 Å². The van der Waals surface area contributed by atoms with E-state index in [0.717, 1.165) is 19.3 Å². The second-order valence-electron chi connectivity index (χ2n) is 3.26. The lowest BCUT2D eigenvalue weighted by atomic mass is 10.1. The van der Waals surface area contributed by atoms with Crippen molar-refractivity contribution in [3.8, 4) is 0 Å². The van der Waals surface area contributed by atoms with Gasteiger partial charge in [0.05, 0.1) is 19.5 Å². The highest BCUT2D eigenvalue weighted by atomic mass is 16.5. The van der Waals surface area contributed by atoms with Gasteiger partial charge in [0.25, 0.3) is 0 Å². The van der Waals surface area contributed by atoms with Crippen LogP contribution in [-0.4, -0.2) is 26.4 Å². The average molecular weight is 187 g/mol. The molecule has 3 heteroatoms. The van der Waals surface area contributed by atoms with Gasteiger partial charge in [-0.25, -0.2) is 0 Å². The predicted octanol–water partition coefficient (Wildman–Crippen LogP) is 1.68. The zero-order valence-electron chi connectivity index (χ0n) is 8.82. The molecule has 2 N–H and O–H groups in total. The highest BCUT2D eigenvalue weighted by Crippen LogP contribution is 2.08. The van der Waals surface area contributed by atoms with Crippen LogP contribution in [0.5, 0.6) is 0 Å². The molecule has 3 nitrogen and oxygen atoms in total. The van der Waals surface area contributed by atoms with Crippen molar-refractivity contribution in [2.45, 2.75) is 38.3 Å². The fraction of sp³-hybridized carbons (Fsp3) is 0.800. The fourth-order valence-electron chi connectivity index (χ4n) is 1.08. The van der Waals surface area contributed by atoms with Crippen LogP contribution < -0.4 is 5.73 Å². The molecular formula is C10H21NO2. The van der Waals surface area contributed by atoms with Gasteiger partial charge in [0.15, 0.2) is 0 Å². The van der Waals surface area contributed by atoms with E-state index in [0.29, 0.717) is 0 Å². The van der Waals surface area contributed by atoms with E-state index in [1.165, 1.54) is 0 Å². The third-order valence-electron chi connectivity index (χ3n) is 1.91. The van der Waals surface area contributed by atoms with Crippen molar-refractivity contribution in [1.82, 2.24) is 0 Å². The van der Waals surface area contributed by atoms with E-state index >= 15 is 0 Å². The Hall–Kier alpha value is -0.540. The van der Waals surface area contributed by atoms with Crippen molar-refractivity contribution >= 4 is 0 Å². The Kier molecular flexibility index (Phi) is 7.74. The van der Waals surface area contributed by atoms with Gasteiger partial charge in [-0.15, -0.1) is 0 Å². The SMILES string of the molecule is COC=CCC(CCC(C)N)OC. The summed E-state index contributed by atoms with van der Waals surface area (Å²) >= 11 is 0. The minimum absolute atomic E-state index is 0.254. The Morgan fingerprint density at radius 2 is 2.00 bits per heavy atom. The van der Waals surface area contributed by atoms with Crippen LogP contribution >= 0.6 is 0 Å². The third-order valence-corrected chi connectivity index (χ3v) is 1.91. The molecule has 0 fully saturated rings. The van der Waals surface area contributed by atoms with Crippen LogP contribution in [0.3, 0.4) is 0 Å². The van der Waals surface area contributed by atoms with Crippen LogP contribution in [0.2, 0.25) is 0 Å². The maximum atomic E-state index is 5.65. The number of hydrogen-bond acceptors (Lipinski definition) is 3. The molecule has 0 aliphatic carbocycles. The predicted molar refractivity (Wildman–Crippen MR) is 54.4 cm³/mol. The lowest BCUT2D eigenvalue weighted by Crippen LogP contribution is -2.19. The Morgan fingerprint density at radius 1 is 1.31 bits per heavy atom. The quantitative estimate of drug-likeness (QED) is 0.617. The molecule has 0 saturated carbocycles. The van der Waals surface area contributed by atoms with Gasteiger partial charge < -0.3 is 15.2 Å². The van der Waals surface area contributed by atoms with Crippen molar-refractivity contribution in [1.29, 1.82) is 0 Å². The molecule has 0 heterocycles. The summed E-state index contributed by atoms with van der Waals surface area (Å²) in [7, 11) is 3.37. The smallest absolute Gasteiger partial charge is 0.0785 e. The Bertz CT molecular complexity index is 135.